The largest absolute Gasteiger partial charge is 0.351 e. The number of nitrogens with zero attached hydrogens (tertiary/aromatic N) is 1. The van der Waals surface area contributed by atoms with Gasteiger partial charge < -0.3 is 5.32 Å². The minimum Gasteiger partial charge on any atom is -0.351 e. The Labute approximate surface area is 124 Å². The van der Waals surface area contributed by atoms with Crippen molar-refractivity contribution in [3.63, 3.8) is 0 Å². The molecule has 1 aliphatic rings. The summed E-state index contributed by atoms with van der Waals surface area (Å²) >= 11 is 5.73. The van der Waals surface area contributed by atoms with Gasteiger partial charge in [-0.1, -0.05) is 36.6 Å². The lowest BCUT2D eigenvalue weighted by Crippen LogP contribution is -2.44. The maximum Gasteiger partial charge on any atom is 0.237 e. The van der Waals surface area contributed by atoms with E-state index in [4.69, 9.17) is 11.6 Å². The number of carbonyl (C=O) groups excluding carboxylic acids is 1. The molecule has 1 heterocycles. The number of carbonyl (C=O) groups is 1. The van der Waals surface area contributed by atoms with Crippen LogP contribution in [-0.2, 0) is 11.3 Å². The first-order chi connectivity index (χ1) is 9.59. The smallest absolute Gasteiger partial charge is 0.237 e. The highest BCUT2D eigenvalue weighted by Gasteiger charge is 2.24. The van der Waals surface area contributed by atoms with Crippen LogP contribution in [0.2, 0.25) is 5.02 Å². The second-order valence-electron chi connectivity index (χ2n) is 5.28. The lowest BCUT2D eigenvalue weighted by atomic mass is 10.1. The van der Waals surface area contributed by atoms with Gasteiger partial charge in [-0.15, -0.1) is 0 Å². The Bertz CT molecular complexity index is 481. The maximum absolute atomic E-state index is 13.7. The van der Waals surface area contributed by atoms with Crippen LogP contribution in [-0.4, -0.2) is 30.4 Å². The molecule has 0 aliphatic carbocycles. The average molecular weight is 299 g/mol. The molecule has 1 amide bonds. The number of likely N-dealkylation sites (N-methyl/N-ethyl adjacent to an activating group) is 1. The van der Waals surface area contributed by atoms with Gasteiger partial charge in [0.2, 0.25) is 5.91 Å². The van der Waals surface area contributed by atoms with E-state index < -0.39 is 5.82 Å². The first-order valence-corrected chi connectivity index (χ1v) is 7.38. The van der Waals surface area contributed by atoms with E-state index in [0.29, 0.717) is 5.56 Å². The molecule has 0 radical (unpaired) electrons. The molecule has 20 heavy (non-hydrogen) atoms. The summed E-state index contributed by atoms with van der Waals surface area (Å²) in [6, 6.07) is 4.71. The molecule has 0 saturated carbocycles. The van der Waals surface area contributed by atoms with E-state index in [-0.39, 0.29) is 23.5 Å². The summed E-state index contributed by atoms with van der Waals surface area (Å²) in [5.41, 5.74) is 0.419. The van der Waals surface area contributed by atoms with E-state index in [1.807, 2.05) is 7.05 Å². The molecular formula is C15H20ClFN2O. The Morgan fingerprint density at radius 2 is 2.25 bits per heavy atom. The highest BCUT2D eigenvalue weighted by atomic mass is 35.5. The molecule has 1 fully saturated rings. The number of nitrogens with one attached hydrogen (secondary N) is 1. The van der Waals surface area contributed by atoms with Gasteiger partial charge in [0.1, 0.15) is 5.82 Å². The van der Waals surface area contributed by atoms with Gasteiger partial charge in [0, 0.05) is 12.1 Å². The molecule has 1 atom stereocenters. The number of rotatable bonds is 3. The molecule has 3 nitrogen and oxygen atoms in total. The summed E-state index contributed by atoms with van der Waals surface area (Å²) < 4.78 is 13.7. The van der Waals surface area contributed by atoms with E-state index in [1.165, 1.54) is 6.07 Å². The monoisotopic (exact) mass is 298 g/mol. The molecule has 0 aromatic heterocycles. The highest BCUT2D eigenvalue weighted by Crippen LogP contribution is 2.18. The highest BCUT2D eigenvalue weighted by molar-refractivity contribution is 6.30. The first kappa shape index (κ1) is 15.3. The quantitative estimate of drug-likeness (QED) is 0.930. The van der Waals surface area contributed by atoms with E-state index in [0.717, 1.165) is 32.2 Å². The Balaban J connectivity index is 1.95. The van der Waals surface area contributed by atoms with Crippen LogP contribution in [0, 0.1) is 5.82 Å². The lowest BCUT2D eigenvalue weighted by Gasteiger charge is -2.24. The van der Waals surface area contributed by atoms with Gasteiger partial charge in [-0.05, 0) is 32.5 Å². The third-order valence-electron chi connectivity index (χ3n) is 3.81. The predicted octanol–water partition coefficient (Wildman–Crippen LogP) is 2.97. The minimum atomic E-state index is -0.455. The first-order valence-electron chi connectivity index (χ1n) is 7.00. The summed E-state index contributed by atoms with van der Waals surface area (Å²) in [5, 5.41) is 2.90. The van der Waals surface area contributed by atoms with E-state index in [9.17, 15) is 9.18 Å². The second-order valence-corrected chi connectivity index (χ2v) is 5.68. The molecule has 1 aromatic carbocycles. The summed E-state index contributed by atoms with van der Waals surface area (Å²) in [7, 11) is 1.97. The normalized spacial score (nSPS) is 20.4. The standard InChI is InChI=1S/C15H20ClFN2O/c1-19-9-4-2-3-8-13(19)15(20)18-10-11-6-5-7-12(16)14(11)17/h5-7,13H,2-4,8-10H2,1H3,(H,18,20)/t13-/m0/s1. The number of hydrogen-bond acceptors (Lipinski definition) is 2. The van der Waals surface area contributed by atoms with Crippen molar-refractivity contribution in [2.45, 2.75) is 38.3 Å². The van der Waals surface area contributed by atoms with Gasteiger partial charge in [-0.2, -0.15) is 0 Å². The molecular weight excluding hydrogens is 279 g/mol. The van der Waals surface area contributed by atoms with Crippen LogP contribution < -0.4 is 5.32 Å². The average Bonchev–Trinajstić information content (AvgIpc) is 2.65. The molecule has 1 aliphatic heterocycles. The fourth-order valence-electron chi connectivity index (χ4n) is 2.57. The summed E-state index contributed by atoms with van der Waals surface area (Å²) in [6.45, 7) is 1.11. The number of likely N-dealkylation sites (tertiary alicyclic amines) is 1. The zero-order valence-electron chi connectivity index (χ0n) is 11.7. The molecule has 2 rings (SSSR count). The topological polar surface area (TPSA) is 32.3 Å². The van der Waals surface area contributed by atoms with E-state index >= 15 is 0 Å². The van der Waals surface area contributed by atoms with Crippen LogP contribution in [0.1, 0.15) is 31.2 Å². The van der Waals surface area contributed by atoms with E-state index in [2.05, 4.69) is 10.2 Å². The Morgan fingerprint density at radius 3 is 3.05 bits per heavy atom. The van der Waals surface area contributed by atoms with Crippen LogP contribution in [0.25, 0.3) is 0 Å². The van der Waals surface area contributed by atoms with Crippen molar-refractivity contribution in [3.8, 4) is 0 Å². The van der Waals surface area contributed by atoms with E-state index in [1.54, 1.807) is 12.1 Å². The third-order valence-corrected chi connectivity index (χ3v) is 4.10. The van der Waals surface area contributed by atoms with Crippen molar-refractivity contribution in [3.05, 3.63) is 34.6 Å². The fraction of sp³-hybridized carbons (Fsp3) is 0.533. The van der Waals surface area contributed by atoms with Crippen molar-refractivity contribution in [1.29, 1.82) is 0 Å². The van der Waals surface area contributed by atoms with Crippen molar-refractivity contribution >= 4 is 17.5 Å². The van der Waals surface area contributed by atoms with Crippen molar-refractivity contribution in [2.24, 2.45) is 0 Å². The van der Waals surface area contributed by atoms with Crippen LogP contribution >= 0.6 is 11.6 Å². The number of benzene rings is 1. The van der Waals surface area contributed by atoms with Crippen molar-refractivity contribution in [2.75, 3.05) is 13.6 Å². The number of halogens is 2. The van der Waals surface area contributed by atoms with Crippen molar-refractivity contribution in [1.82, 2.24) is 10.2 Å². The number of hydrogen-bond donors (Lipinski definition) is 1. The van der Waals surface area contributed by atoms with Crippen LogP contribution in [0.4, 0.5) is 4.39 Å². The van der Waals surface area contributed by atoms with Gasteiger partial charge in [0.05, 0.1) is 11.1 Å². The van der Waals surface area contributed by atoms with Gasteiger partial charge >= 0.3 is 0 Å². The molecule has 1 aromatic rings. The van der Waals surface area contributed by atoms with Crippen LogP contribution in [0.3, 0.4) is 0 Å². The summed E-state index contributed by atoms with van der Waals surface area (Å²) in [4.78, 5) is 14.3. The van der Waals surface area contributed by atoms with Crippen LogP contribution in [0.5, 0.6) is 0 Å². The Hall–Kier alpha value is -1.13. The number of amides is 1. The van der Waals surface area contributed by atoms with Crippen molar-refractivity contribution < 1.29 is 9.18 Å². The molecule has 110 valence electrons. The second kappa shape index (κ2) is 7.04. The molecule has 1 N–H and O–H groups in total. The molecule has 0 bridgehead atoms. The molecule has 0 unspecified atom stereocenters. The SMILES string of the molecule is CN1CCCCC[C@H]1C(=O)NCc1cccc(Cl)c1F. The molecule has 1 saturated heterocycles. The van der Waals surface area contributed by atoms with Gasteiger partial charge in [0.25, 0.3) is 0 Å². The van der Waals surface area contributed by atoms with Gasteiger partial charge in [0.15, 0.2) is 0 Å². The zero-order chi connectivity index (χ0) is 14.5. The third kappa shape index (κ3) is 3.70. The lowest BCUT2D eigenvalue weighted by molar-refractivity contribution is -0.126. The minimum absolute atomic E-state index is 0.0335. The van der Waals surface area contributed by atoms with Crippen LogP contribution in [0.15, 0.2) is 18.2 Å². The van der Waals surface area contributed by atoms with Gasteiger partial charge in [-0.25, -0.2) is 4.39 Å². The summed E-state index contributed by atoms with van der Waals surface area (Å²) in [5.74, 6) is -0.488. The van der Waals surface area contributed by atoms with Gasteiger partial charge in [-0.3, -0.25) is 9.69 Å². The summed E-state index contributed by atoms with van der Waals surface area (Å²) in [6.07, 6.45) is 4.22. The Morgan fingerprint density at radius 1 is 1.45 bits per heavy atom. The zero-order valence-corrected chi connectivity index (χ0v) is 12.4. The maximum atomic E-state index is 13.7. The Kier molecular flexibility index (Phi) is 5.38. The fourth-order valence-corrected chi connectivity index (χ4v) is 2.76. The predicted molar refractivity (Wildman–Crippen MR) is 78.1 cm³/mol. The molecule has 5 heteroatoms. The molecule has 0 spiro atoms.